The molecular formula is C16H18Br2N2. The van der Waals surface area contributed by atoms with Gasteiger partial charge in [0.15, 0.2) is 0 Å². The molecule has 2 nitrogen and oxygen atoms in total. The van der Waals surface area contributed by atoms with Crippen molar-refractivity contribution < 1.29 is 0 Å². The molecule has 4 heteroatoms. The summed E-state index contributed by atoms with van der Waals surface area (Å²) in [5.41, 5.74) is 2.46. The highest BCUT2D eigenvalue weighted by Gasteiger charge is 2.04. The topological polar surface area (TPSA) is 15.3 Å². The van der Waals surface area contributed by atoms with Crippen LogP contribution >= 0.6 is 31.9 Å². The van der Waals surface area contributed by atoms with Crippen molar-refractivity contribution >= 4 is 37.5 Å². The van der Waals surface area contributed by atoms with E-state index in [9.17, 15) is 0 Å². The number of hydrogen-bond donors (Lipinski definition) is 1. The molecule has 2 aromatic carbocycles. The fourth-order valence-corrected chi connectivity index (χ4v) is 2.82. The van der Waals surface area contributed by atoms with Gasteiger partial charge in [0.05, 0.1) is 0 Å². The van der Waals surface area contributed by atoms with Gasteiger partial charge < -0.3 is 10.2 Å². The lowest BCUT2D eigenvalue weighted by Crippen LogP contribution is -2.25. The highest BCUT2D eigenvalue weighted by molar-refractivity contribution is 9.10. The van der Waals surface area contributed by atoms with Crippen molar-refractivity contribution in [3.05, 3.63) is 63.0 Å². The average molecular weight is 398 g/mol. The first-order valence-electron chi connectivity index (χ1n) is 6.57. The summed E-state index contributed by atoms with van der Waals surface area (Å²) in [6.45, 7) is 2.85. The van der Waals surface area contributed by atoms with Gasteiger partial charge in [0.25, 0.3) is 0 Å². The molecule has 0 heterocycles. The smallest absolute Gasteiger partial charge is 0.0485 e. The zero-order chi connectivity index (χ0) is 14.4. The molecule has 0 atom stereocenters. The molecule has 106 valence electrons. The van der Waals surface area contributed by atoms with Gasteiger partial charge in [-0.1, -0.05) is 46.3 Å². The predicted molar refractivity (Wildman–Crippen MR) is 93.1 cm³/mol. The van der Waals surface area contributed by atoms with Crippen molar-refractivity contribution in [3.8, 4) is 0 Å². The fraction of sp³-hybridized carbons (Fsp3) is 0.250. The number of halogens is 2. The van der Waals surface area contributed by atoms with Gasteiger partial charge in [-0.05, 0) is 46.7 Å². The van der Waals surface area contributed by atoms with Crippen LogP contribution in [0.25, 0.3) is 0 Å². The summed E-state index contributed by atoms with van der Waals surface area (Å²) >= 11 is 7.14. The zero-order valence-corrected chi connectivity index (χ0v) is 14.6. The Balaban J connectivity index is 1.80. The Morgan fingerprint density at radius 2 is 1.60 bits per heavy atom. The molecule has 20 heavy (non-hydrogen) atoms. The van der Waals surface area contributed by atoms with Crippen LogP contribution in [0, 0.1) is 0 Å². The first kappa shape index (κ1) is 15.5. The van der Waals surface area contributed by atoms with Crippen LogP contribution in [-0.2, 0) is 6.54 Å². The van der Waals surface area contributed by atoms with E-state index in [1.165, 1.54) is 10.0 Å². The Morgan fingerprint density at radius 1 is 0.950 bits per heavy atom. The quantitative estimate of drug-likeness (QED) is 0.756. The van der Waals surface area contributed by atoms with Crippen LogP contribution in [0.4, 0.5) is 5.69 Å². The molecule has 0 aliphatic carbocycles. The zero-order valence-electron chi connectivity index (χ0n) is 11.4. The number of rotatable bonds is 6. The molecule has 0 bridgehead atoms. The molecule has 0 spiro atoms. The molecule has 0 amide bonds. The maximum Gasteiger partial charge on any atom is 0.0485 e. The molecule has 0 aliphatic rings. The van der Waals surface area contributed by atoms with Crippen molar-refractivity contribution in [2.45, 2.75) is 6.54 Å². The van der Waals surface area contributed by atoms with Crippen LogP contribution < -0.4 is 5.32 Å². The van der Waals surface area contributed by atoms with Crippen LogP contribution in [0.1, 0.15) is 5.56 Å². The van der Waals surface area contributed by atoms with E-state index in [-0.39, 0.29) is 0 Å². The molecule has 0 aromatic heterocycles. The number of nitrogens with one attached hydrogen (secondary N) is 1. The second kappa shape index (κ2) is 7.81. The molecule has 0 unspecified atom stereocenters. The molecule has 0 radical (unpaired) electrons. The lowest BCUT2D eigenvalue weighted by molar-refractivity contribution is 0.339. The largest absolute Gasteiger partial charge is 0.383 e. The molecule has 2 rings (SSSR count). The van der Waals surface area contributed by atoms with Crippen LogP contribution in [0.15, 0.2) is 57.5 Å². The molecule has 0 saturated carbocycles. The van der Waals surface area contributed by atoms with Crippen molar-refractivity contribution in [3.63, 3.8) is 0 Å². The van der Waals surface area contributed by atoms with Crippen LogP contribution in [0.5, 0.6) is 0 Å². The Hall–Kier alpha value is -0.840. The van der Waals surface area contributed by atoms with Gasteiger partial charge in [-0.25, -0.2) is 0 Å². The Labute approximate surface area is 137 Å². The van der Waals surface area contributed by atoms with E-state index in [0.717, 1.165) is 29.8 Å². The molecule has 1 N–H and O–H groups in total. The third-order valence-electron chi connectivity index (χ3n) is 3.08. The fourth-order valence-electron chi connectivity index (χ4n) is 1.98. The van der Waals surface area contributed by atoms with E-state index in [4.69, 9.17) is 0 Å². The van der Waals surface area contributed by atoms with E-state index >= 15 is 0 Å². The van der Waals surface area contributed by atoms with Gasteiger partial charge in [-0.15, -0.1) is 0 Å². The summed E-state index contributed by atoms with van der Waals surface area (Å²) in [4.78, 5) is 2.31. The normalized spacial score (nSPS) is 10.8. The Morgan fingerprint density at radius 3 is 2.30 bits per heavy atom. The second-order valence-electron chi connectivity index (χ2n) is 4.74. The molecule has 0 saturated heterocycles. The minimum absolute atomic E-state index is 0.920. The minimum Gasteiger partial charge on any atom is -0.383 e. The number of nitrogens with zero attached hydrogens (tertiary/aromatic N) is 1. The van der Waals surface area contributed by atoms with E-state index in [1.54, 1.807) is 0 Å². The summed E-state index contributed by atoms with van der Waals surface area (Å²) in [5, 5.41) is 3.44. The van der Waals surface area contributed by atoms with E-state index in [1.807, 2.05) is 24.3 Å². The molecular weight excluding hydrogens is 380 g/mol. The number of hydrogen-bond acceptors (Lipinski definition) is 2. The first-order chi connectivity index (χ1) is 9.66. The van der Waals surface area contributed by atoms with Gasteiger partial charge in [0, 0.05) is 34.3 Å². The minimum atomic E-state index is 0.920. The molecule has 0 aliphatic heterocycles. The van der Waals surface area contributed by atoms with Crippen molar-refractivity contribution in [1.29, 1.82) is 0 Å². The van der Waals surface area contributed by atoms with Gasteiger partial charge in [-0.3, -0.25) is 0 Å². The number of benzene rings is 2. The lowest BCUT2D eigenvalue weighted by Gasteiger charge is -2.18. The summed E-state index contributed by atoms with van der Waals surface area (Å²) < 4.78 is 2.28. The van der Waals surface area contributed by atoms with Crippen LogP contribution in [0.3, 0.4) is 0 Å². The van der Waals surface area contributed by atoms with Crippen molar-refractivity contribution in [1.82, 2.24) is 4.90 Å². The van der Waals surface area contributed by atoms with Gasteiger partial charge in [0.2, 0.25) is 0 Å². The van der Waals surface area contributed by atoms with Crippen LogP contribution in [0.2, 0.25) is 0 Å². The first-order valence-corrected chi connectivity index (χ1v) is 8.16. The summed E-state index contributed by atoms with van der Waals surface area (Å²) in [5.74, 6) is 0. The van der Waals surface area contributed by atoms with Crippen LogP contribution in [-0.4, -0.2) is 25.0 Å². The van der Waals surface area contributed by atoms with E-state index in [2.05, 4.69) is 73.4 Å². The van der Waals surface area contributed by atoms with Crippen molar-refractivity contribution in [2.75, 3.05) is 25.5 Å². The Kier molecular flexibility index (Phi) is 6.07. The van der Waals surface area contributed by atoms with Gasteiger partial charge >= 0.3 is 0 Å². The third kappa shape index (κ3) is 4.62. The van der Waals surface area contributed by atoms with Gasteiger partial charge in [0.1, 0.15) is 0 Å². The number of para-hydroxylation sites is 1. The third-order valence-corrected chi connectivity index (χ3v) is 4.55. The summed E-state index contributed by atoms with van der Waals surface area (Å²) in [7, 11) is 2.14. The SMILES string of the molecule is CN(CCNc1ccccc1Br)Cc1ccccc1Br. The standard InChI is InChI=1S/C16H18Br2N2/c1-20(12-13-6-2-3-7-14(13)17)11-10-19-16-9-5-4-8-15(16)18/h2-9,19H,10-12H2,1H3. The molecule has 2 aromatic rings. The molecule has 0 fully saturated rings. The summed E-state index contributed by atoms with van der Waals surface area (Å²) in [6, 6.07) is 16.6. The van der Waals surface area contributed by atoms with Crippen molar-refractivity contribution in [2.24, 2.45) is 0 Å². The predicted octanol–water partition coefficient (Wildman–Crippen LogP) is 4.76. The number of likely N-dealkylation sites (N-methyl/N-ethyl adjacent to an activating group) is 1. The monoisotopic (exact) mass is 396 g/mol. The second-order valence-corrected chi connectivity index (χ2v) is 6.44. The highest BCUT2D eigenvalue weighted by atomic mass is 79.9. The summed E-state index contributed by atoms with van der Waals surface area (Å²) in [6.07, 6.45) is 0. The number of anilines is 1. The van der Waals surface area contributed by atoms with E-state index in [0.29, 0.717) is 0 Å². The van der Waals surface area contributed by atoms with E-state index < -0.39 is 0 Å². The maximum atomic E-state index is 3.59. The lowest BCUT2D eigenvalue weighted by atomic mass is 10.2. The Bertz CT molecular complexity index is 558. The average Bonchev–Trinajstić information content (AvgIpc) is 2.43. The maximum absolute atomic E-state index is 3.59. The highest BCUT2D eigenvalue weighted by Crippen LogP contribution is 2.21. The van der Waals surface area contributed by atoms with Gasteiger partial charge in [-0.2, -0.15) is 0 Å².